The fourth-order valence-electron chi connectivity index (χ4n) is 2.95. The average Bonchev–Trinajstić information content (AvgIpc) is 3.11. The molecule has 1 atom stereocenters. The van der Waals surface area contributed by atoms with Gasteiger partial charge in [-0.1, -0.05) is 18.2 Å². The van der Waals surface area contributed by atoms with Gasteiger partial charge in [0.05, 0.1) is 7.11 Å². The van der Waals surface area contributed by atoms with Crippen LogP contribution in [0.25, 0.3) is 33.3 Å². The average molecular weight is 364 g/mol. The standard InChI is InChI=1S/C21H16O6/c1-12(21(23)24-2)25-14-7-8-18-15(10-14)16(11-20(22)27-18)19-9-13-5-3-4-6-17(13)26-19/h3-12H,1-2H3. The summed E-state index contributed by atoms with van der Waals surface area (Å²) in [6.07, 6.45) is -0.766. The molecular weight excluding hydrogens is 348 g/mol. The van der Waals surface area contributed by atoms with Gasteiger partial charge in [0.1, 0.15) is 22.7 Å². The van der Waals surface area contributed by atoms with Gasteiger partial charge in [-0.25, -0.2) is 9.59 Å². The molecule has 136 valence electrons. The third-order valence-corrected chi connectivity index (χ3v) is 4.25. The van der Waals surface area contributed by atoms with E-state index in [0.717, 1.165) is 11.0 Å². The van der Waals surface area contributed by atoms with Crippen molar-refractivity contribution >= 4 is 27.9 Å². The lowest BCUT2D eigenvalue weighted by Crippen LogP contribution is -2.24. The fourth-order valence-corrected chi connectivity index (χ4v) is 2.95. The Morgan fingerprint density at radius 3 is 2.59 bits per heavy atom. The molecule has 0 spiro atoms. The van der Waals surface area contributed by atoms with Gasteiger partial charge in [0.15, 0.2) is 6.10 Å². The Balaban J connectivity index is 1.85. The Kier molecular flexibility index (Phi) is 4.16. The highest BCUT2D eigenvalue weighted by molar-refractivity contribution is 5.95. The minimum atomic E-state index is -0.766. The van der Waals surface area contributed by atoms with Gasteiger partial charge in [-0.15, -0.1) is 0 Å². The lowest BCUT2D eigenvalue weighted by Gasteiger charge is -2.13. The number of para-hydroxylation sites is 1. The van der Waals surface area contributed by atoms with Crippen LogP contribution in [0.2, 0.25) is 0 Å². The molecule has 0 saturated carbocycles. The van der Waals surface area contributed by atoms with Crippen molar-refractivity contribution in [3.8, 4) is 17.1 Å². The van der Waals surface area contributed by atoms with E-state index in [0.29, 0.717) is 28.0 Å². The van der Waals surface area contributed by atoms with Gasteiger partial charge in [0.2, 0.25) is 0 Å². The molecule has 27 heavy (non-hydrogen) atoms. The summed E-state index contributed by atoms with van der Waals surface area (Å²) in [6.45, 7) is 1.60. The summed E-state index contributed by atoms with van der Waals surface area (Å²) in [7, 11) is 1.30. The second-order valence-corrected chi connectivity index (χ2v) is 6.07. The molecule has 4 rings (SSSR count). The zero-order chi connectivity index (χ0) is 19.0. The fraction of sp³-hybridized carbons (Fsp3) is 0.143. The molecule has 0 fully saturated rings. The third kappa shape index (κ3) is 3.17. The zero-order valence-electron chi connectivity index (χ0n) is 14.7. The van der Waals surface area contributed by atoms with Crippen molar-refractivity contribution in [2.75, 3.05) is 7.11 Å². The van der Waals surface area contributed by atoms with E-state index in [4.69, 9.17) is 13.6 Å². The summed E-state index contributed by atoms with van der Waals surface area (Å²) in [5.74, 6) is 0.520. The third-order valence-electron chi connectivity index (χ3n) is 4.25. The Labute approximate surface area is 153 Å². The Morgan fingerprint density at radius 2 is 1.81 bits per heavy atom. The minimum Gasteiger partial charge on any atom is -0.479 e. The molecule has 2 aromatic heterocycles. The van der Waals surface area contributed by atoms with Gasteiger partial charge < -0.3 is 18.3 Å². The number of methoxy groups -OCH3 is 1. The van der Waals surface area contributed by atoms with Crippen molar-refractivity contribution in [3.63, 3.8) is 0 Å². The van der Waals surface area contributed by atoms with Crippen molar-refractivity contribution in [1.82, 2.24) is 0 Å². The van der Waals surface area contributed by atoms with E-state index in [1.165, 1.54) is 13.2 Å². The van der Waals surface area contributed by atoms with Crippen LogP contribution in [0.3, 0.4) is 0 Å². The highest BCUT2D eigenvalue weighted by Crippen LogP contribution is 2.33. The Bertz CT molecular complexity index is 1170. The number of benzene rings is 2. The van der Waals surface area contributed by atoms with Gasteiger partial charge in [0, 0.05) is 22.4 Å². The summed E-state index contributed by atoms with van der Waals surface area (Å²) in [5, 5.41) is 1.57. The van der Waals surface area contributed by atoms with Crippen molar-refractivity contribution < 1.29 is 23.1 Å². The van der Waals surface area contributed by atoms with E-state index in [1.807, 2.05) is 30.3 Å². The van der Waals surface area contributed by atoms with E-state index < -0.39 is 17.7 Å². The minimum absolute atomic E-state index is 0.399. The summed E-state index contributed by atoms with van der Waals surface area (Å²) in [5.41, 5.74) is 1.24. The molecule has 0 N–H and O–H groups in total. The topological polar surface area (TPSA) is 78.9 Å². The molecule has 0 amide bonds. The van der Waals surface area contributed by atoms with E-state index in [9.17, 15) is 9.59 Å². The van der Waals surface area contributed by atoms with Crippen LogP contribution in [0.4, 0.5) is 0 Å². The van der Waals surface area contributed by atoms with Crippen LogP contribution in [0.5, 0.6) is 5.75 Å². The summed E-state index contributed by atoms with van der Waals surface area (Å²) in [6, 6.07) is 15.8. The number of fused-ring (bicyclic) bond motifs is 2. The molecule has 6 nitrogen and oxygen atoms in total. The quantitative estimate of drug-likeness (QED) is 0.400. The summed E-state index contributed by atoms with van der Waals surface area (Å²) < 4.78 is 21.5. The Morgan fingerprint density at radius 1 is 1.00 bits per heavy atom. The molecule has 2 aromatic carbocycles. The lowest BCUT2D eigenvalue weighted by molar-refractivity contribution is -0.147. The first-order chi connectivity index (χ1) is 13.0. The predicted molar refractivity (Wildman–Crippen MR) is 99.8 cm³/mol. The van der Waals surface area contributed by atoms with E-state index >= 15 is 0 Å². The van der Waals surface area contributed by atoms with Gasteiger partial charge in [-0.3, -0.25) is 0 Å². The first kappa shape index (κ1) is 16.9. The van der Waals surface area contributed by atoms with Crippen LogP contribution < -0.4 is 10.4 Å². The number of ether oxygens (including phenoxy) is 2. The maximum atomic E-state index is 12.0. The normalized spacial score (nSPS) is 12.2. The SMILES string of the molecule is COC(=O)C(C)Oc1ccc2oc(=O)cc(-c3cc4ccccc4o3)c2c1. The monoisotopic (exact) mass is 364 g/mol. The van der Waals surface area contributed by atoms with Crippen molar-refractivity contribution in [1.29, 1.82) is 0 Å². The molecule has 0 bridgehead atoms. The van der Waals surface area contributed by atoms with E-state index in [2.05, 4.69) is 4.74 Å². The number of rotatable bonds is 4. The van der Waals surface area contributed by atoms with E-state index in [-0.39, 0.29) is 0 Å². The summed E-state index contributed by atoms with van der Waals surface area (Å²) >= 11 is 0. The largest absolute Gasteiger partial charge is 0.479 e. The van der Waals surface area contributed by atoms with Crippen LogP contribution in [0.1, 0.15) is 6.92 Å². The molecule has 0 saturated heterocycles. The first-order valence-electron chi connectivity index (χ1n) is 8.36. The Hall–Kier alpha value is -3.54. The second kappa shape index (κ2) is 6.64. The van der Waals surface area contributed by atoms with Crippen LogP contribution >= 0.6 is 0 Å². The van der Waals surface area contributed by atoms with Crippen LogP contribution in [-0.4, -0.2) is 19.2 Å². The van der Waals surface area contributed by atoms with Gasteiger partial charge in [0.25, 0.3) is 0 Å². The second-order valence-electron chi connectivity index (χ2n) is 6.07. The maximum absolute atomic E-state index is 12.0. The predicted octanol–water partition coefficient (Wildman–Crippen LogP) is 4.15. The van der Waals surface area contributed by atoms with E-state index in [1.54, 1.807) is 25.1 Å². The zero-order valence-corrected chi connectivity index (χ0v) is 14.7. The molecule has 4 aromatic rings. The van der Waals surface area contributed by atoms with Crippen molar-refractivity contribution in [2.45, 2.75) is 13.0 Å². The highest BCUT2D eigenvalue weighted by Gasteiger charge is 2.17. The number of carbonyl (C=O) groups is 1. The molecule has 0 aliphatic carbocycles. The molecule has 0 radical (unpaired) electrons. The number of carbonyl (C=O) groups excluding carboxylic acids is 1. The number of furan rings is 1. The molecule has 2 heterocycles. The van der Waals surface area contributed by atoms with Gasteiger partial charge in [-0.2, -0.15) is 0 Å². The maximum Gasteiger partial charge on any atom is 0.346 e. The molecule has 1 unspecified atom stereocenters. The first-order valence-corrected chi connectivity index (χ1v) is 8.36. The smallest absolute Gasteiger partial charge is 0.346 e. The highest BCUT2D eigenvalue weighted by atomic mass is 16.6. The molecule has 0 aliphatic rings. The lowest BCUT2D eigenvalue weighted by atomic mass is 10.1. The molecular formula is C21H16O6. The van der Waals surface area contributed by atoms with Crippen LogP contribution in [0, 0.1) is 0 Å². The van der Waals surface area contributed by atoms with Crippen molar-refractivity contribution in [2.24, 2.45) is 0 Å². The number of hydrogen-bond acceptors (Lipinski definition) is 6. The van der Waals surface area contributed by atoms with Crippen LogP contribution in [0.15, 0.2) is 68.2 Å². The van der Waals surface area contributed by atoms with Gasteiger partial charge >= 0.3 is 11.6 Å². The van der Waals surface area contributed by atoms with Crippen molar-refractivity contribution in [3.05, 3.63) is 65.0 Å². The summed E-state index contributed by atoms with van der Waals surface area (Å²) in [4.78, 5) is 23.6. The molecule has 6 heteroatoms. The van der Waals surface area contributed by atoms with Gasteiger partial charge in [-0.05, 0) is 37.3 Å². The molecule has 0 aliphatic heterocycles. The number of hydrogen-bond donors (Lipinski definition) is 0. The van der Waals surface area contributed by atoms with Crippen LogP contribution in [-0.2, 0) is 9.53 Å². The number of esters is 1.